The lowest BCUT2D eigenvalue weighted by Crippen LogP contribution is -2.33. The third-order valence-electron chi connectivity index (χ3n) is 4.79. The molecule has 0 unspecified atom stereocenters. The molecule has 0 bridgehead atoms. The molecule has 0 aliphatic rings. The van der Waals surface area contributed by atoms with Gasteiger partial charge in [-0.2, -0.15) is 0 Å². The van der Waals surface area contributed by atoms with E-state index in [0.717, 1.165) is 11.1 Å². The van der Waals surface area contributed by atoms with Crippen LogP contribution >= 0.6 is 11.8 Å². The molecular weight excluding hydrogens is 380 g/mol. The summed E-state index contributed by atoms with van der Waals surface area (Å²) in [5.74, 6) is 1.75. The molecule has 29 heavy (non-hydrogen) atoms. The summed E-state index contributed by atoms with van der Waals surface area (Å²) in [6.07, 6.45) is 0. The Morgan fingerprint density at radius 3 is 2.28 bits per heavy atom. The van der Waals surface area contributed by atoms with Gasteiger partial charge in [0, 0.05) is 5.56 Å². The number of carbonyl (C=O) groups is 1. The highest BCUT2D eigenvalue weighted by molar-refractivity contribution is 7.99. The van der Waals surface area contributed by atoms with Crippen molar-refractivity contribution in [3.63, 3.8) is 0 Å². The van der Waals surface area contributed by atoms with Crippen LogP contribution in [0.5, 0.6) is 0 Å². The number of carbonyl (C=O) groups excluding carboxylic acids is 1. The average Bonchev–Trinajstić information content (AvgIpc) is 3.20. The molecule has 1 heterocycles. The van der Waals surface area contributed by atoms with E-state index in [1.165, 1.54) is 17.3 Å². The zero-order chi connectivity index (χ0) is 20.8. The Balaban J connectivity index is 1.59. The lowest BCUT2D eigenvalue weighted by Gasteiger charge is -2.23. The summed E-state index contributed by atoms with van der Waals surface area (Å²) in [7, 11) is 0. The zero-order valence-corrected chi connectivity index (χ0v) is 18.2. The fourth-order valence-electron chi connectivity index (χ4n) is 3.10. The molecule has 6 heteroatoms. The van der Waals surface area contributed by atoms with Gasteiger partial charge in [-0.1, -0.05) is 94.1 Å². The number of nitrogens with zero attached hydrogens (tertiary/aromatic N) is 2. The fourth-order valence-corrected chi connectivity index (χ4v) is 3.71. The van der Waals surface area contributed by atoms with E-state index in [4.69, 9.17) is 0 Å². The predicted molar refractivity (Wildman–Crippen MR) is 119 cm³/mol. The molecule has 3 rings (SSSR count). The van der Waals surface area contributed by atoms with E-state index >= 15 is 0 Å². The number of thioether (sulfide) groups is 1. The van der Waals surface area contributed by atoms with Crippen LogP contribution < -0.4 is 5.32 Å². The minimum atomic E-state index is -0.0207. The summed E-state index contributed by atoms with van der Waals surface area (Å²) < 4.78 is 0. The van der Waals surface area contributed by atoms with E-state index < -0.39 is 0 Å². The van der Waals surface area contributed by atoms with Gasteiger partial charge in [-0.15, -0.1) is 5.10 Å². The smallest absolute Gasteiger partial charge is 0.230 e. The van der Waals surface area contributed by atoms with Gasteiger partial charge >= 0.3 is 0 Å². The van der Waals surface area contributed by atoms with Gasteiger partial charge in [0.2, 0.25) is 11.1 Å². The minimum absolute atomic E-state index is 0.0173. The highest BCUT2D eigenvalue weighted by Gasteiger charge is 2.19. The van der Waals surface area contributed by atoms with Crippen molar-refractivity contribution in [3.05, 3.63) is 65.7 Å². The van der Waals surface area contributed by atoms with Crippen molar-refractivity contribution in [2.75, 3.05) is 5.75 Å². The van der Waals surface area contributed by atoms with Gasteiger partial charge in [0.15, 0.2) is 5.82 Å². The summed E-state index contributed by atoms with van der Waals surface area (Å²) in [5, 5.41) is 10.9. The number of hydrogen-bond acceptors (Lipinski definition) is 4. The van der Waals surface area contributed by atoms with Gasteiger partial charge in [0.05, 0.1) is 11.8 Å². The molecule has 2 N–H and O–H groups in total. The summed E-state index contributed by atoms with van der Waals surface area (Å²) >= 11 is 1.33. The molecule has 152 valence electrons. The van der Waals surface area contributed by atoms with Crippen LogP contribution in [0.4, 0.5) is 0 Å². The molecule has 1 amide bonds. The maximum absolute atomic E-state index is 12.6. The first-order chi connectivity index (χ1) is 13.9. The highest BCUT2D eigenvalue weighted by atomic mass is 32.2. The van der Waals surface area contributed by atoms with Crippen LogP contribution in [-0.2, 0) is 4.79 Å². The van der Waals surface area contributed by atoms with Gasteiger partial charge in [-0.3, -0.25) is 9.89 Å². The molecule has 2 aromatic carbocycles. The van der Waals surface area contributed by atoms with Gasteiger partial charge in [-0.05, 0) is 23.0 Å². The predicted octanol–water partition coefficient (Wildman–Crippen LogP) is 5.20. The van der Waals surface area contributed by atoms with Crippen LogP contribution in [0.25, 0.3) is 11.4 Å². The van der Waals surface area contributed by atoms with Crippen LogP contribution in [0.15, 0.2) is 59.8 Å². The minimum Gasteiger partial charge on any atom is -0.348 e. The Labute approximate surface area is 176 Å². The van der Waals surface area contributed by atoms with Crippen molar-refractivity contribution in [1.82, 2.24) is 20.5 Å². The van der Waals surface area contributed by atoms with Crippen molar-refractivity contribution in [3.8, 4) is 11.4 Å². The van der Waals surface area contributed by atoms with Crippen molar-refractivity contribution in [2.45, 2.75) is 44.8 Å². The number of benzene rings is 2. The lowest BCUT2D eigenvalue weighted by molar-refractivity contribution is -0.119. The Morgan fingerprint density at radius 1 is 1.00 bits per heavy atom. The van der Waals surface area contributed by atoms with Gasteiger partial charge in [-0.25, -0.2) is 4.98 Å². The Kier molecular flexibility index (Phi) is 7.09. The van der Waals surface area contributed by atoms with Gasteiger partial charge in [0.25, 0.3) is 0 Å². The van der Waals surface area contributed by atoms with Crippen molar-refractivity contribution >= 4 is 17.7 Å². The Hall–Kier alpha value is -2.60. The van der Waals surface area contributed by atoms with E-state index in [0.29, 0.717) is 22.8 Å². The normalized spacial score (nSPS) is 12.3. The van der Waals surface area contributed by atoms with Crippen LogP contribution in [0.1, 0.15) is 50.8 Å². The second kappa shape index (κ2) is 9.74. The Morgan fingerprint density at radius 2 is 1.66 bits per heavy atom. The molecule has 5 nitrogen and oxygen atoms in total. The SMILES string of the molecule is CC(C)c1ccc([C@H](NC(=O)CSc2n[nH]c(-c3ccccc3)n2)C(C)C)cc1. The first-order valence-electron chi connectivity index (χ1n) is 9.94. The van der Waals surface area contributed by atoms with Crippen LogP contribution in [0.3, 0.4) is 0 Å². The number of rotatable bonds is 8. The standard InChI is InChI=1S/C23H28N4OS/c1-15(2)17-10-12-18(13-11-17)21(16(3)4)24-20(28)14-29-23-25-22(26-27-23)19-8-6-5-7-9-19/h5-13,15-16,21H,14H2,1-4H3,(H,24,28)(H,25,26,27)/t21-/m1/s1. The summed E-state index contributed by atoms with van der Waals surface area (Å²) in [6, 6.07) is 18.3. The molecule has 0 aliphatic heterocycles. The summed E-state index contributed by atoms with van der Waals surface area (Å²) in [6.45, 7) is 8.60. The van der Waals surface area contributed by atoms with Crippen LogP contribution in [-0.4, -0.2) is 26.8 Å². The molecule has 0 fully saturated rings. The van der Waals surface area contributed by atoms with E-state index in [-0.39, 0.29) is 17.7 Å². The fraction of sp³-hybridized carbons (Fsp3) is 0.348. The third kappa shape index (κ3) is 5.70. The number of H-pyrrole nitrogens is 1. The number of aromatic nitrogens is 3. The molecule has 0 saturated heterocycles. The second-order valence-electron chi connectivity index (χ2n) is 7.73. The van der Waals surface area contributed by atoms with E-state index in [1.54, 1.807) is 0 Å². The monoisotopic (exact) mass is 408 g/mol. The summed E-state index contributed by atoms with van der Waals surface area (Å²) in [5.41, 5.74) is 3.41. The van der Waals surface area contributed by atoms with E-state index in [1.807, 2.05) is 30.3 Å². The third-order valence-corrected chi connectivity index (χ3v) is 5.64. The number of aromatic amines is 1. The first kappa shape index (κ1) is 21.1. The second-order valence-corrected chi connectivity index (χ2v) is 8.67. The topological polar surface area (TPSA) is 70.7 Å². The maximum Gasteiger partial charge on any atom is 0.230 e. The molecule has 0 saturated carbocycles. The molecule has 1 aromatic heterocycles. The summed E-state index contributed by atoms with van der Waals surface area (Å²) in [4.78, 5) is 17.0. The van der Waals surface area contributed by atoms with E-state index in [2.05, 4.69) is 72.5 Å². The van der Waals surface area contributed by atoms with Gasteiger partial charge in [0.1, 0.15) is 0 Å². The number of amides is 1. The van der Waals surface area contributed by atoms with E-state index in [9.17, 15) is 4.79 Å². The Bertz CT molecular complexity index is 920. The van der Waals surface area contributed by atoms with Crippen molar-refractivity contribution in [1.29, 1.82) is 0 Å². The number of hydrogen-bond donors (Lipinski definition) is 2. The largest absolute Gasteiger partial charge is 0.348 e. The molecule has 1 atom stereocenters. The molecular formula is C23H28N4OS. The highest BCUT2D eigenvalue weighted by Crippen LogP contribution is 2.25. The van der Waals surface area contributed by atoms with Gasteiger partial charge < -0.3 is 5.32 Å². The molecule has 0 aliphatic carbocycles. The quantitative estimate of drug-likeness (QED) is 0.503. The first-order valence-corrected chi connectivity index (χ1v) is 10.9. The van der Waals surface area contributed by atoms with Crippen LogP contribution in [0, 0.1) is 5.92 Å². The number of nitrogens with one attached hydrogen (secondary N) is 2. The van der Waals surface area contributed by atoms with Crippen molar-refractivity contribution in [2.24, 2.45) is 5.92 Å². The zero-order valence-electron chi connectivity index (χ0n) is 17.3. The maximum atomic E-state index is 12.6. The average molecular weight is 409 g/mol. The van der Waals surface area contributed by atoms with Crippen molar-refractivity contribution < 1.29 is 4.79 Å². The molecule has 0 spiro atoms. The van der Waals surface area contributed by atoms with Crippen LogP contribution in [0.2, 0.25) is 0 Å². The molecule has 3 aromatic rings. The lowest BCUT2D eigenvalue weighted by atomic mass is 9.93. The molecule has 0 radical (unpaired) electrons.